The van der Waals surface area contributed by atoms with Gasteiger partial charge in [0.15, 0.2) is 5.78 Å². The lowest BCUT2D eigenvalue weighted by Gasteiger charge is -2.36. The molecule has 2 heterocycles. The number of ketones is 1. The Bertz CT molecular complexity index is 580. The number of piperidine rings is 1. The number of ether oxygens (including phenoxy) is 2. The molecule has 0 aromatic carbocycles. The predicted molar refractivity (Wildman–Crippen MR) is 85.7 cm³/mol. The summed E-state index contributed by atoms with van der Waals surface area (Å²) in [6.45, 7) is 5.97. The van der Waals surface area contributed by atoms with Crippen molar-refractivity contribution >= 4 is 11.9 Å². The van der Waals surface area contributed by atoms with E-state index >= 15 is 0 Å². The minimum Gasteiger partial charge on any atom is -0.496 e. The van der Waals surface area contributed by atoms with E-state index in [1.165, 1.54) is 18.2 Å². The lowest BCUT2D eigenvalue weighted by molar-refractivity contribution is 0.0104. The van der Waals surface area contributed by atoms with Gasteiger partial charge in [-0.1, -0.05) is 0 Å². The summed E-state index contributed by atoms with van der Waals surface area (Å²) in [4.78, 5) is 30.8. The first-order valence-electron chi connectivity index (χ1n) is 7.85. The van der Waals surface area contributed by atoms with Crippen LogP contribution in [0.4, 0.5) is 4.79 Å². The van der Waals surface area contributed by atoms with Crippen LogP contribution in [0, 0.1) is 0 Å². The Morgan fingerprint density at radius 2 is 2.04 bits per heavy atom. The van der Waals surface area contributed by atoms with Crippen LogP contribution in [0.3, 0.4) is 0 Å². The number of methoxy groups -OCH3 is 1. The Morgan fingerprint density at radius 3 is 2.70 bits per heavy atom. The van der Waals surface area contributed by atoms with Gasteiger partial charge in [-0.05, 0) is 46.1 Å². The number of likely N-dealkylation sites (tertiary alicyclic amines) is 1. The van der Waals surface area contributed by atoms with Crippen molar-refractivity contribution in [2.45, 2.75) is 51.7 Å². The topological polar surface area (TPSA) is 68.7 Å². The van der Waals surface area contributed by atoms with Crippen LogP contribution in [0.5, 0.6) is 5.75 Å². The first kappa shape index (κ1) is 17.2. The van der Waals surface area contributed by atoms with Gasteiger partial charge in [-0.2, -0.15) is 0 Å². The third-order valence-electron chi connectivity index (χ3n) is 3.70. The number of amides is 1. The molecule has 126 valence electrons. The van der Waals surface area contributed by atoms with Gasteiger partial charge < -0.3 is 9.47 Å². The van der Waals surface area contributed by atoms with Gasteiger partial charge in [-0.15, -0.1) is 0 Å². The summed E-state index contributed by atoms with van der Waals surface area (Å²) in [5.74, 6) is 0.320. The Balaban J connectivity index is 2.24. The summed E-state index contributed by atoms with van der Waals surface area (Å²) in [6, 6.07) is 1.12. The molecular formula is C17H24N2O4. The molecule has 1 aromatic heterocycles. The van der Waals surface area contributed by atoms with Crippen LogP contribution in [0.15, 0.2) is 18.5 Å². The molecule has 1 amide bonds. The van der Waals surface area contributed by atoms with Gasteiger partial charge in [0.05, 0.1) is 18.7 Å². The molecule has 6 nitrogen and oxygen atoms in total. The van der Waals surface area contributed by atoms with E-state index in [1.807, 2.05) is 20.8 Å². The van der Waals surface area contributed by atoms with Gasteiger partial charge in [0.1, 0.15) is 11.4 Å². The average molecular weight is 320 g/mol. The molecular weight excluding hydrogens is 296 g/mol. The Kier molecular flexibility index (Phi) is 5.23. The molecule has 1 aliphatic rings. The van der Waals surface area contributed by atoms with Crippen LogP contribution in [0.2, 0.25) is 0 Å². The number of carbonyl (C=O) groups is 2. The summed E-state index contributed by atoms with van der Waals surface area (Å²) in [5, 5.41) is 0. The van der Waals surface area contributed by atoms with Gasteiger partial charge in [-0.25, -0.2) is 4.79 Å². The monoisotopic (exact) mass is 320 g/mol. The summed E-state index contributed by atoms with van der Waals surface area (Å²) >= 11 is 0. The molecule has 23 heavy (non-hydrogen) atoms. The van der Waals surface area contributed by atoms with Crippen molar-refractivity contribution in [2.75, 3.05) is 13.7 Å². The molecule has 1 saturated heterocycles. The van der Waals surface area contributed by atoms with Gasteiger partial charge >= 0.3 is 6.09 Å². The Morgan fingerprint density at radius 1 is 1.30 bits per heavy atom. The summed E-state index contributed by atoms with van der Waals surface area (Å²) in [5.41, 5.74) is -0.191. The molecule has 1 aromatic rings. The lowest BCUT2D eigenvalue weighted by atomic mass is 9.95. The summed E-state index contributed by atoms with van der Waals surface area (Å²) in [6.07, 6.45) is 5.01. The van der Waals surface area contributed by atoms with Crippen LogP contribution >= 0.6 is 0 Å². The van der Waals surface area contributed by atoms with Crippen molar-refractivity contribution in [3.8, 4) is 5.75 Å². The van der Waals surface area contributed by atoms with E-state index in [1.54, 1.807) is 12.3 Å². The minimum atomic E-state index is -0.589. The van der Waals surface area contributed by atoms with Crippen LogP contribution in [-0.4, -0.2) is 47.1 Å². The number of rotatable bonds is 3. The SMILES string of the molecule is COc1ccncc1C(=O)[C@@H]1CCCCN1C(=O)OC(C)(C)C. The van der Waals surface area contributed by atoms with Crippen molar-refractivity contribution in [2.24, 2.45) is 0 Å². The zero-order valence-corrected chi connectivity index (χ0v) is 14.2. The predicted octanol–water partition coefficient (Wildman–Crippen LogP) is 3.06. The van der Waals surface area contributed by atoms with E-state index < -0.39 is 17.7 Å². The Labute approximate surface area is 136 Å². The maximum Gasteiger partial charge on any atom is 0.410 e. The van der Waals surface area contributed by atoms with E-state index in [-0.39, 0.29) is 5.78 Å². The standard InChI is InChI=1S/C17H24N2O4/c1-17(2,3)23-16(21)19-10-6-5-7-13(19)15(20)12-11-18-9-8-14(12)22-4/h8-9,11,13H,5-7,10H2,1-4H3/t13-/m0/s1. The van der Waals surface area contributed by atoms with E-state index in [0.717, 1.165) is 12.8 Å². The molecule has 0 unspecified atom stereocenters. The molecule has 6 heteroatoms. The van der Waals surface area contributed by atoms with E-state index in [2.05, 4.69) is 4.98 Å². The second-order valence-electron chi connectivity index (χ2n) is 6.63. The maximum atomic E-state index is 12.9. The van der Waals surface area contributed by atoms with Crippen LogP contribution in [0.25, 0.3) is 0 Å². The third kappa shape index (κ3) is 4.21. The maximum absolute atomic E-state index is 12.9. The van der Waals surface area contributed by atoms with Gasteiger partial charge in [-0.3, -0.25) is 14.7 Å². The van der Waals surface area contributed by atoms with Gasteiger partial charge in [0.2, 0.25) is 0 Å². The highest BCUT2D eigenvalue weighted by Crippen LogP contribution is 2.26. The lowest BCUT2D eigenvalue weighted by Crippen LogP contribution is -2.49. The van der Waals surface area contributed by atoms with Crippen LogP contribution < -0.4 is 4.74 Å². The molecule has 1 fully saturated rings. The summed E-state index contributed by atoms with van der Waals surface area (Å²) in [7, 11) is 1.51. The number of hydrogen-bond donors (Lipinski definition) is 0. The third-order valence-corrected chi connectivity index (χ3v) is 3.70. The molecule has 0 saturated carbocycles. The van der Waals surface area contributed by atoms with Crippen LogP contribution in [0.1, 0.15) is 50.4 Å². The summed E-state index contributed by atoms with van der Waals surface area (Å²) < 4.78 is 10.7. The highest BCUT2D eigenvalue weighted by atomic mass is 16.6. The second kappa shape index (κ2) is 6.98. The van der Waals surface area contributed by atoms with E-state index in [9.17, 15) is 9.59 Å². The molecule has 0 bridgehead atoms. The first-order valence-corrected chi connectivity index (χ1v) is 7.85. The van der Waals surface area contributed by atoms with Gasteiger partial charge in [0, 0.05) is 18.9 Å². The number of Topliss-reactive ketones (excluding diaryl/α,β-unsaturated/α-hetero) is 1. The molecule has 2 rings (SSSR count). The first-order chi connectivity index (χ1) is 10.8. The fourth-order valence-corrected chi connectivity index (χ4v) is 2.67. The number of nitrogens with zero attached hydrogens (tertiary/aromatic N) is 2. The highest BCUT2D eigenvalue weighted by Gasteiger charge is 2.36. The molecule has 0 N–H and O–H groups in total. The molecule has 0 spiro atoms. The largest absolute Gasteiger partial charge is 0.496 e. The van der Waals surface area contributed by atoms with E-state index in [4.69, 9.17) is 9.47 Å². The highest BCUT2D eigenvalue weighted by molar-refractivity contribution is 6.03. The molecule has 1 atom stereocenters. The second-order valence-corrected chi connectivity index (χ2v) is 6.63. The Hall–Kier alpha value is -2.11. The van der Waals surface area contributed by atoms with E-state index in [0.29, 0.717) is 24.3 Å². The number of pyridine rings is 1. The number of aromatic nitrogens is 1. The van der Waals surface area contributed by atoms with Crippen molar-refractivity contribution < 1.29 is 19.1 Å². The molecule has 1 aliphatic heterocycles. The van der Waals surface area contributed by atoms with Crippen molar-refractivity contribution in [3.63, 3.8) is 0 Å². The number of carbonyl (C=O) groups excluding carboxylic acids is 2. The fraction of sp³-hybridized carbons (Fsp3) is 0.588. The molecule has 0 aliphatic carbocycles. The van der Waals surface area contributed by atoms with Crippen molar-refractivity contribution in [3.05, 3.63) is 24.0 Å². The van der Waals surface area contributed by atoms with Crippen molar-refractivity contribution in [1.82, 2.24) is 9.88 Å². The van der Waals surface area contributed by atoms with Crippen molar-refractivity contribution in [1.29, 1.82) is 0 Å². The normalized spacial score (nSPS) is 18.4. The quantitative estimate of drug-likeness (QED) is 0.801. The van der Waals surface area contributed by atoms with Crippen LogP contribution in [-0.2, 0) is 4.74 Å². The zero-order valence-electron chi connectivity index (χ0n) is 14.2. The minimum absolute atomic E-state index is 0.152. The fourth-order valence-electron chi connectivity index (χ4n) is 2.67. The van der Waals surface area contributed by atoms with Gasteiger partial charge in [0.25, 0.3) is 0 Å². The molecule has 0 radical (unpaired) electrons. The number of hydrogen-bond acceptors (Lipinski definition) is 5. The zero-order chi connectivity index (χ0) is 17.0. The average Bonchev–Trinajstić information content (AvgIpc) is 2.52. The smallest absolute Gasteiger partial charge is 0.410 e.